The number of aryl methyl sites for hydroxylation is 2. The largest absolute Gasteiger partial charge is 0.374 e. The molecule has 0 spiro atoms. The summed E-state index contributed by atoms with van der Waals surface area (Å²) in [6, 6.07) is 7.95. The standard InChI is InChI=1S/C13H15N5/c1-9-4-5-12(11(6-9)7-14)16-10(2)13-17-15-8-18(13)3/h4-6,8,10,16H,1-3H3. The normalized spacial score (nSPS) is 11.9. The fraction of sp³-hybridized carbons (Fsp3) is 0.308. The quantitative estimate of drug-likeness (QED) is 0.894. The van der Waals surface area contributed by atoms with Gasteiger partial charge in [0.2, 0.25) is 0 Å². The number of benzene rings is 1. The number of nitrogens with one attached hydrogen (secondary N) is 1. The van der Waals surface area contributed by atoms with Crippen LogP contribution in [0.25, 0.3) is 0 Å². The Morgan fingerprint density at radius 2 is 2.22 bits per heavy atom. The minimum absolute atomic E-state index is 0.00712. The highest BCUT2D eigenvalue weighted by Gasteiger charge is 2.12. The van der Waals surface area contributed by atoms with Gasteiger partial charge in [-0.1, -0.05) is 6.07 Å². The molecular formula is C13H15N5. The van der Waals surface area contributed by atoms with Gasteiger partial charge in [0.05, 0.1) is 17.3 Å². The molecule has 0 aliphatic heterocycles. The smallest absolute Gasteiger partial charge is 0.154 e. The molecular weight excluding hydrogens is 226 g/mol. The van der Waals surface area contributed by atoms with Gasteiger partial charge in [0.15, 0.2) is 5.82 Å². The van der Waals surface area contributed by atoms with E-state index < -0.39 is 0 Å². The Morgan fingerprint density at radius 1 is 1.44 bits per heavy atom. The Morgan fingerprint density at radius 3 is 2.83 bits per heavy atom. The van der Waals surface area contributed by atoms with Crippen molar-refractivity contribution < 1.29 is 0 Å². The molecule has 1 N–H and O–H groups in total. The van der Waals surface area contributed by atoms with E-state index in [1.165, 1.54) is 0 Å². The van der Waals surface area contributed by atoms with Gasteiger partial charge in [-0.05, 0) is 31.5 Å². The molecule has 0 saturated carbocycles. The third-order valence-corrected chi connectivity index (χ3v) is 2.80. The lowest BCUT2D eigenvalue weighted by Crippen LogP contribution is -2.12. The Kier molecular flexibility index (Phi) is 3.28. The molecule has 1 atom stereocenters. The molecule has 0 aliphatic carbocycles. The predicted molar refractivity (Wildman–Crippen MR) is 68.9 cm³/mol. The molecule has 2 rings (SSSR count). The van der Waals surface area contributed by atoms with E-state index in [0.717, 1.165) is 17.1 Å². The van der Waals surface area contributed by atoms with Gasteiger partial charge in [0, 0.05) is 7.05 Å². The molecule has 18 heavy (non-hydrogen) atoms. The molecule has 5 heteroatoms. The van der Waals surface area contributed by atoms with Crippen molar-refractivity contribution in [2.75, 3.05) is 5.32 Å². The molecule has 0 aliphatic rings. The minimum atomic E-state index is -0.00712. The third kappa shape index (κ3) is 2.33. The topological polar surface area (TPSA) is 66.5 Å². The summed E-state index contributed by atoms with van der Waals surface area (Å²) in [6.45, 7) is 3.96. The Bertz CT molecular complexity index is 594. The fourth-order valence-electron chi connectivity index (χ4n) is 1.86. The van der Waals surface area contributed by atoms with Gasteiger partial charge in [0.1, 0.15) is 12.4 Å². The van der Waals surface area contributed by atoms with Crippen LogP contribution in [0, 0.1) is 18.3 Å². The molecule has 0 bridgehead atoms. The second-order valence-corrected chi connectivity index (χ2v) is 4.33. The summed E-state index contributed by atoms with van der Waals surface area (Å²) in [5.74, 6) is 0.833. The fourth-order valence-corrected chi connectivity index (χ4v) is 1.86. The molecule has 1 aromatic carbocycles. The van der Waals surface area contributed by atoms with Gasteiger partial charge < -0.3 is 9.88 Å². The monoisotopic (exact) mass is 241 g/mol. The van der Waals surface area contributed by atoms with E-state index in [-0.39, 0.29) is 6.04 Å². The molecule has 1 heterocycles. The van der Waals surface area contributed by atoms with Crippen LogP contribution in [0.4, 0.5) is 5.69 Å². The summed E-state index contributed by atoms with van der Waals surface area (Å²) in [4.78, 5) is 0. The summed E-state index contributed by atoms with van der Waals surface area (Å²) in [5, 5.41) is 20.3. The first-order valence-electron chi connectivity index (χ1n) is 5.73. The maximum absolute atomic E-state index is 9.12. The van der Waals surface area contributed by atoms with Crippen LogP contribution < -0.4 is 5.32 Å². The highest BCUT2D eigenvalue weighted by molar-refractivity contribution is 5.59. The summed E-state index contributed by atoms with van der Waals surface area (Å²) in [6.07, 6.45) is 1.66. The zero-order valence-electron chi connectivity index (χ0n) is 10.7. The van der Waals surface area contributed by atoms with Crippen LogP contribution in [-0.4, -0.2) is 14.8 Å². The van der Waals surface area contributed by atoms with Gasteiger partial charge in [-0.25, -0.2) is 0 Å². The SMILES string of the molecule is Cc1ccc(NC(C)c2nncn2C)c(C#N)c1. The Labute approximate surface area is 106 Å². The summed E-state index contributed by atoms with van der Waals surface area (Å²) in [7, 11) is 1.90. The second kappa shape index (κ2) is 4.88. The van der Waals surface area contributed by atoms with Crippen molar-refractivity contribution in [3.05, 3.63) is 41.5 Å². The van der Waals surface area contributed by atoms with Crippen molar-refractivity contribution in [1.82, 2.24) is 14.8 Å². The van der Waals surface area contributed by atoms with Gasteiger partial charge in [-0.3, -0.25) is 0 Å². The van der Waals surface area contributed by atoms with Crippen molar-refractivity contribution in [2.45, 2.75) is 19.9 Å². The number of hydrogen-bond donors (Lipinski definition) is 1. The van der Waals surface area contributed by atoms with E-state index >= 15 is 0 Å². The molecule has 0 saturated heterocycles. The lowest BCUT2D eigenvalue weighted by atomic mass is 10.1. The molecule has 1 aromatic heterocycles. The van der Waals surface area contributed by atoms with Crippen molar-refractivity contribution >= 4 is 5.69 Å². The molecule has 92 valence electrons. The molecule has 0 amide bonds. The molecule has 0 radical (unpaired) electrons. The van der Waals surface area contributed by atoms with Crippen LogP contribution in [0.5, 0.6) is 0 Å². The number of nitrogens with zero attached hydrogens (tertiary/aromatic N) is 4. The van der Waals surface area contributed by atoms with Crippen molar-refractivity contribution in [2.24, 2.45) is 7.05 Å². The zero-order chi connectivity index (χ0) is 13.1. The number of anilines is 1. The highest BCUT2D eigenvalue weighted by atomic mass is 15.3. The van der Waals surface area contributed by atoms with Crippen LogP contribution in [0.3, 0.4) is 0 Å². The van der Waals surface area contributed by atoms with E-state index in [9.17, 15) is 0 Å². The maximum Gasteiger partial charge on any atom is 0.154 e. The van der Waals surface area contributed by atoms with Crippen molar-refractivity contribution in [3.63, 3.8) is 0 Å². The number of hydrogen-bond acceptors (Lipinski definition) is 4. The average Bonchev–Trinajstić information content (AvgIpc) is 2.77. The lowest BCUT2D eigenvalue weighted by Gasteiger charge is -2.15. The molecule has 0 fully saturated rings. The second-order valence-electron chi connectivity index (χ2n) is 4.33. The van der Waals surface area contributed by atoms with E-state index in [1.807, 2.05) is 43.7 Å². The van der Waals surface area contributed by atoms with Crippen LogP contribution >= 0.6 is 0 Å². The molecule has 5 nitrogen and oxygen atoms in total. The molecule has 2 aromatic rings. The zero-order valence-corrected chi connectivity index (χ0v) is 10.7. The van der Waals surface area contributed by atoms with E-state index in [0.29, 0.717) is 5.56 Å². The van der Waals surface area contributed by atoms with Crippen molar-refractivity contribution in [1.29, 1.82) is 5.26 Å². The summed E-state index contributed by atoms with van der Waals surface area (Å²) in [5.41, 5.74) is 2.53. The number of aromatic nitrogens is 3. The van der Waals surface area contributed by atoms with E-state index in [1.54, 1.807) is 6.33 Å². The first kappa shape index (κ1) is 12.1. The Hall–Kier alpha value is -2.35. The van der Waals surface area contributed by atoms with E-state index in [4.69, 9.17) is 5.26 Å². The maximum atomic E-state index is 9.12. The average molecular weight is 241 g/mol. The van der Waals surface area contributed by atoms with Gasteiger partial charge in [-0.2, -0.15) is 5.26 Å². The predicted octanol–water partition coefficient (Wildman–Crippen LogP) is 2.17. The number of rotatable bonds is 3. The summed E-state index contributed by atoms with van der Waals surface area (Å²) >= 11 is 0. The Balaban J connectivity index is 2.25. The van der Waals surface area contributed by atoms with Crippen LogP contribution in [-0.2, 0) is 7.05 Å². The van der Waals surface area contributed by atoms with Crippen LogP contribution in [0.2, 0.25) is 0 Å². The van der Waals surface area contributed by atoms with Gasteiger partial charge in [0.25, 0.3) is 0 Å². The minimum Gasteiger partial charge on any atom is -0.374 e. The third-order valence-electron chi connectivity index (χ3n) is 2.80. The van der Waals surface area contributed by atoms with Crippen LogP contribution in [0.15, 0.2) is 24.5 Å². The first-order valence-corrected chi connectivity index (χ1v) is 5.73. The summed E-state index contributed by atoms with van der Waals surface area (Å²) < 4.78 is 1.86. The van der Waals surface area contributed by atoms with Crippen LogP contribution in [0.1, 0.15) is 29.9 Å². The van der Waals surface area contributed by atoms with Crippen molar-refractivity contribution in [3.8, 4) is 6.07 Å². The van der Waals surface area contributed by atoms with Gasteiger partial charge in [-0.15, -0.1) is 10.2 Å². The van der Waals surface area contributed by atoms with Gasteiger partial charge >= 0.3 is 0 Å². The van der Waals surface area contributed by atoms with E-state index in [2.05, 4.69) is 21.6 Å². The highest BCUT2D eigenvalue weighted by Crippen LogP contribution is 2.21. The number of nitriles is 1. The lowest BCUT2D eigenvalue weighted by molar-refractivity contribution is 0.719. The molecule has 1 unspecified atom stereocenters. The first-order chi connectivity index (χ1) is 8.61.